The zero-order valence-corrected chi connectivity index (χ0v) is 22.8. The average molecular weight is 555 g/mol. The topological polar surface area (TPSA) is 127 Å². The van der Waals surface area contributed by atoms with Crippen molar-refractivity contribution in [1.82, 2.24) is 4.31 Å². The average Bonchev–Trinajstić information content (AvgIpc) is 3.25. The zero-order valence-electron chi connectivity index (χ0n) is 20.4. The lowest BCUT2D eigenvalue weighted by atomic mass is 10.2. The van der Waals surface area contributed by atoms with E-state index in [1.165, 1.54) is 38.5 Å². The van der Waals surface area contributed by atoms with Gasteiger partial charge in [0.1, 0.15) is 9.77 Å². The van der Waals surface area contributed by atoms with Gasteiger partial charge in [0.2, 0.25) is 0 Å². The maximum Gasteiger partial charge on any atom is 0.338 e. The van der Waals surface area contributed by atoms with E-state index in [1.54, 1.807) is 39.0 Å². The van der Waals surface area contributed by atoms with Crippen LogP contribution in [0.3, 0.4) is 0 Å². The number of hydrogen-bond donors (Lipinski definition) is 1. The number of amidine groups is 1. The third kappa shape index (κ3) is 7.39. The summed E-state index contributed by atoms with van der Waals surface area (Å²) in [5.74, 6) is -1.24. The number of aliphatic imine (C=N–C) groups is 2. The number of esters is 1. The Bertz CT molecular complexity index is 1300. The highest BCUT2D eigenvalue weighted by atomic mass is 35.5. The van der Waals surface area contributed by atoms with Crippen LogP contribution < -0.4 is 5.32 Å². The van der Waals surface area contributed by atoms with Crippen LogP contribution in [0, 0.1) is 0 Å². The molecule has 0 aliphatic carbocycles. The van der Waals surface area contributed by atoms with Crippen LogP contribution in [0.2, 0.25) is 4.34 Å². The highest BCUT2D eigenvalue weighted by Gasteiger charge is 2.30. The van der Waals surface area contributed by atoms with Gasteiger partial charge in [0, 0.05) is 24.6 Å². The van der Waals surface area contributed by atoms with Gasteiger partial charge >= 0.3 is 12.0 Å². The molecule has 0 saturated heterocycles. The molecule has 0 unspecified atom stereocenters. The van der Waals surface area contributed by atoms with Crippen molar-refractivity contribution in [2.45, 2.75) is 32.6 Å². The van der Waals surface area contributed by atoms with Gasteiger partial charge < -0.3 is 14.8 Å². The lowest BCUT2D eigenvalue weighted by Gasteiger charge is -2.19. The van der Waals surface area contributed by atoms with Gasteiger partial charge in [0.15, 0.2) is 0 Å². The molecule has 10 nitrogen and oxygen atoms in total. The van der Waals surface area contributed by atoms with Crippen LogP contribution in [0.4, 0.5) is 5.69 Å². The van der Waals surface area contributed by atoms with Crippen molar-refractivity contribution >= 4 is 62.8 Å². The van der Waals surface area contributed by atoms with E-state index < -0.39 is 21.9 Å². The minimum absolute atomic E-state index is 0.0776. The highest BCUT2D eigenvalue weighted by Crippen LogP contribution is 2.33. The Balaban J connectivity index is 2.35. The molecule has 0 bridgehead atoms. The predicted molar refractivity (Wildman–Crippen MR) is 142 cm³/mol. The van der Waals surface area contributed by atoms with Gasteiger partial charge in [-0.05, 0) is 52.0 Å². The number of rotatable bonds is 9. The standard InChI is InChI=1S/C23H27ClN4O6S2/c1-6-25-23(34-8-3)26-14-15(4)28(5)36(31,32)18-13-19(24)35-20(18)21(29)27-17-11-9-10-16(12-17)22(30)33-7-2/h6,9-14H,7-8H2,1-5H3,(H,27,29)/b15-14+,25-6-,26-23-. The largest absolute Gasteiger partial charge is 0.464 e. The summed E-state index contributed by atoms with van der Waals surface area (Å²) in [7, 11) is -2.85. The first-order valence-corrected chi connectivity index (χ1v) is 13.4. The Morgan fingerprint density at radius 3 is 2.53 bits per heavy atom. The molecule has 0 radical (unpaired) electrons. The van der Waals surface area contributed by atoms with Crippen LogP contribution in [0.25, 0.3) is 0 Å². The Morgan fingerprint density at radius 1 is 1.19 bits per heavy atom. The number of nitrogens with zero attached hydrogens (tertiary/aromatic N) is 3. The number of thiophene rings is 1. The molecule has 1 amide bonds. The van der Waals surface area contributed by atoms with E-state index in [0.717, 1.165) is 15.6 Å². The summed E-state index contributed by atoms with van der Waals surface area (Å²) < 4.78 is 38.0. The number of benzene rings is 1. The van der Waals surface area contributed by atoms with Crippen LogP contribution in [-0.2, 0) is 19.5 Å². The lowest BCUT2D eigenvalue weighted by Crippen LogP contribution is -2.27. The molecule has 0 fully saturated rings. The number of anilines is 1. The molecule has 1 aromatic heterocycles. The van der Waals surface area contributed by atoms with E-state index in [-0.39, 0.29) is 43.7 Å². The van der Waals surface area contributed by atoms with Gasteiger partial charge in [-0.15, -0.1) is 11.3 Å². The number of hydrogen-bond acceptors (Lipinski definition) is 8. The van der Waals surface area contributed by atoms with Crippen molar-refractivity contribution in [3.63, 3.8) is 0 Å². The molecule has 0 spiro atoms. The SMILES string of the molecule is C\C=N/C(=N/C=C(\C)N(C)S(=O)(=O)c1cc(Cl)sc1C(=O)Nc1cccc(C(=O)OCC)c1)OCC. The van der Waals surface area contributed by atoms with Gasteiger partial charge in [0.05, 0.1) is 29.3 Å². The Labute approximate surface area is 219 Å². The number of carbonyl (C=O) groups is 2. The number of nitrogens with one attached hydrogen (secondary N) is 1. The second kappa shape index (κ2) is 13.2. The Kier molecular flexibility index (Phi) is 10.6. The summed E-state index contributed by atoms with van der Waals surface area (Å²) in [4.78, 5) is 32.7. The van der Waals surface area contributed by atoms with Gasteiger partial charge in [-0.3, -0.25) is 9.10 Å². The molecule has 194 valence electrons. The van der Waals surface area contributed by atoms with Crippen LogP contribution in [0.5, 0.6) is 0 Å². The van der Waals surface area contributed by atoms with Crippen molar-refractivity contribution < 1.29 is 27.5 Å². The van der Waals surface area contributed by atoms with E-state index in [0.29, 0.717) is 6.61 Å². The van der Waals surface area contributed by atoms with Crippen molar-refractivity contribution in [3.05, 3.63) is 57.0 Å². The molecule has 2 aromatic rings. The maximum absolute atomic E-state index is 13.4. The Hall–Kier alpha value is -3.22. The molecular weight excluding hydrogens is 528 g/mol. The number of halogens is 1. The maximum atomic E-state index is 13.4. The van der Waals surface area contributed by atoms with Crippen molar-refractivity contribution in [1.29, 1.82) is 0 Å². The molecule has 1 aromatic carbocycles. The van der Waals surface area contributed by atoms with E-state index in [9.17, 15) is 18.0 Å². The van der Waals surface area contributed by atoms with Gasteiger partial charge in [-0.25, -0.2) is 23.2 Å². The van der Waals surface area contributed by atoms with E-state index in [2.05, 4.69) is 15.3 Å². The number of amides is 1. The second-order valence-corrected chi connectivity index (χ2v) is 10.6. The van der Waals surface area contributed by atoms with Crippen molar-refractivity contribution in [2.75, 3.05) is 25.6 Å². The second-order valence-electron chi connectivity index (χ2n) is 6.97. The van der Waals surface area contributed by atoms with Gasteiger partial charge in [-0.1, -0.05) is 17.7 Å². The van der Waals surface area contributed by atoms with E-state index in [4.69, 9.17) is 21.1 Å². The molecular formula is C23H27ClN4O6S2. The summed E-state index contributed by atoms with van der Waals surface area (Å²) in [6.45, 7) is 7.23. The van der Waals surface area contributed by atoms with E-state index >= 15 is 0 Å². The minimum atomic E-state index is -4.18. The summed E-state index contributed by atoms with van der Waals surface area (Å²) in [6.07, 6.45) is 2.79. The highest BCUT2D eigenvalue weighted by molar-refractivity contribution is 7.89. The quantitative estimate of drug-likeness (QED) is 0.269. The molecule has 0 saturated carbocycles. The fourth-order valence-corrected chi connectivity index (χ4v) is 5.65. The number of sulfonamides is 1. The first kappa shape index (κ1) is 29.0. The molecule has 0 aliphatic heterocycles. The third-order valence-corrected chi connectivity index (χ3v) is 7.79. The predicted octanol–water partition coefficient (Wildman–Crippen LogP) is 4.80. The fourth-order valence-electron chi connectivity index (χ4n) is 2.74. The number of allylic oxidation sites excluding steroid dienone is 1. The summed E-state index contributed by atoms with van der Waals surface area (Å²) in [6, 6.07) is 7.41. The first-order chi connectivity index (χ1) is 17.0. The molecule has 1 heterocycles. The van der Waals surface area contributed by atoms with Gasteiger partial charge in [-0.2, -0.15) is 0 Å². The first-order valence-electron chi connectivity index (χ1n) is 10.8. The zero-order chi connectivity index (χ0) is 26.9. The minimum Gasteiger partial charge on any atom is -0.464 e. The number of ether oxygens (including phenoxy) is 2. The normalized spacial score (nSPS) is 12.5. The van der Waals surface area contributed by atoms with Crippen LogP contribution in [0.15, 0.2) is 57.1 Å². The van der Waals surface area contributed by atoms with E-state index in [1.807, 2.05) is 0 Å². The van der Waals surface area contributed by atoms with Crippen LogP contribution in [-0.4, -0.2) is 57.1 Å². The Morgan fingerprint density at radius 2 is 1.89 bits per heavy atom. The summed E-state index contributed by atoms with van der Waals surface area (Å²) >= 11 is 6.92. The summed E-state index contributed by atoms with van der Waals surface area (Å²) in [5, 5.41) is 2.61. The van der Waals surface area contributed by atoms with Gasteiger partial charge in [0.25, 0.3) is 15.9 Å². The monoisotopic (exact) mass is 554 g/mol. The smallest absolute Gasteiger partial charge is 0.338 e. The molecule has 2 rings (SSSR count). The third-order valence-electron chi connectivity index (χ3n) is 4.52. The van der Waals surface area contributed by atoms with Crippen molar-refractivity contribution in [3.8, 4) is 0 Å². The summed E-state index contributed by atoms with van der Waals surface area (Å²) in [5.41, 5.74) is 0.776. The molecule has 0 atom stereocenters. The number of carbonyl (C=O) groups excluding carboxylic acids is 2. The molecule has 36 heavy (non-hydrogen) atoms. The van der Waals surface area contributed by atoms with Crippen LogP contribution >= 0.6 is 22.9 Å². The fraction of sp³-hybridized carbons (Fsp3) is 0.304. The lowest BCUT2D eigenvalue weighted by molar-refractivity contribution is 0.0526. The van der Waals surface area contributed by atoms with Crippen molar-refractivity contribution in [2.24, 2.45) is 9.98 Å². The molecule has 1 N–H and O–H groups in total. The molecule has 0 aliphatic rings. The molecule has 13 heteroatoms. The van der Waals surface area contributed by atoms with Crippen LogP contribution in [0.1, 0.15) is 47.7 Å².